The predicted octanol–water partition coefficient (Wildman–Crippen LogP) is 5.07. The lowest BCUT2D eigenvalue weighted by molar-refractivity contribution is 0.151. The Kier molecular flexibility index (Phi) is 5.62. The van der Waals surface area contributed by atoms with Crippen LogP contribution in [0.25, 0.3) is 0 Å². The van der Waals surface area contributed by atoms with E-state index in [-0.39, 0.29) is 11.2 Å². The minimum absolute atomic E-state index is 0.192. The Morgan fingerprint density at radius 3 is 2.60 bits per heavy atom. The van der Waals surface area contributed by atoms with Gasteiger partial charge in [0.15, 0.2) is 0 Å². The molecule has 0 unspecified atom stereocenters. The Labute approximate surface area is 130 Å². The van der Waals surface area contributed by atoms with E-state index in [1.54, 1.807) is 6.07 Å². The largest absolute Gasteiger partial charge is 0.330 e. The first-order chi connectivity index (χ1) is 9.58. The molecule has 0 saturated heterocycles. The summed E-state index contributed by atoms with van der Waals surface area (Å²) in [7, 11) is 0. The molecule has 1 fully saturated rings. The van der Waals surface area contributed by atoms with Gasteiger partial charge in [-0.15, -0.1) is 0 Å². The van der Waals surface area contributed by atoms with E-state index in [1.165, 1.54) is 44.1 Å². The maximum absolute atomic E-state index is 13.3. The van der Waals surface area contributed by atoms with Crippen molar-refractivity contribution < 1.29 is 4.39 Å². The van der Waals surface area contributed by atoms with Crippen LogP contribution in [0.4, 0.5) is 4.39 Å². The minimum atomic E-state index is -0.192. The highest BCUT2D eigenvalue weighted by Crippen LogP contribution is 2.42. The number of halogens is 2. The predicted molar refractivity (Wildman–Crippen MR) is 86.2 cm³/mol. The van der Waals surface area contributed by atoms with Crippen molar-refractivity contribution >= 4 is 15.9 Å². The van der Waals surface area contributed by atoms with Crippen LogP contribution < -0.4 is 5.73 Å². The molecule has 1 aliphatic carbocycles. The van der Waals surface area contributed by atoms with Crippen LogP contribution in [0.5, 0.6) is 0 Å². The van der Waals surface area contributed by atoms with Crippen molar-refractivity contribution in [1.29, 1.82) is 0 Å². The molecule has 0 radical (unpaired) electrons. The molecular weight excluding hydrogens is 317 g/mol. The molecule has 1 nitrogen and oxygen atoms in total. The van der Waals surface area contributed by atoms with Gasteiger partial charge in [0, 0.05) is 0 Å². The molecule has 1 saturated carbocycles. The van der Waals surface area contributed by atoms with Crippen molar-refractivity contribution in [2.45, 2.75) is 51.9 Å². The lowest BCUT2D eigenvalue weighted by Crippen LogP contribution is -2.36. The topological polar surface area (TPSA) is 26.0 Å². The molecule has 2 rings (SSSR count). The Morgan fingerprint density at radius 1 is 1.35 bits per heavy atom. The maximum atomic E-state index is 13.3. The van der Waals surface area contributed by atoms with Crippen LogP contribution in [0.2, 0.25) is 0 Å². The summed E-state index contributed by atoms with van der Waals surface area (Å²) in [6, 6.07) is 5.35. The van der Waals surface area contributed by atoms with Gasteiger partial charge < -0.3 is 5.73 Å². The lowest BCUT2D eigenvalue weighted by atomic mass is 9.67. The molecule has 1 aliphatic rings. The van der Waals surface area contributed by atoms with Gasteiger partial charge in [0.05, 0.1) is 4.47 Å². The highest BCUT2D eigenvalue weighted by atomic mass is 79.9. The normalized spacial score (nSPS) is 26.7. The first-order valence-corrected chi connectivity index (χ1v) is 8.52. The average molecular weight is 342 g/mol. The third-order valence-electron chi connectivity index (χ3n) is 4.86. The van der Waals surface area contributed by atoms with Gasteiger partial charge >= 0.3 is 0 Å². The van der Waals surface area contributed by atoms with Gasteiger partial charge in [0.25, 0.3) is 0 Å². The van der Waals surface area contributed by atoms with Crippen molar-refractivity contribution in [3.05, 3.63) is 34.1 Å². The zero-order valence-electron chi connectivity index (χ0n) is 12.3. The fourth-order valence-corrected chi connectivity index (χ4v) is 3.95. The summed E-state index contributed by atoms with van der Waals surface area (Å²) < 4.78 is 13.9. The molecule has 0 aromatic heterocycles. The summed E-state index contributed by atoms with van der Waals surface area (Å²) in [5, 5.41) is 0. The van der Waals surface area contributed by atoms with Crippen LogP contribution in [-0.2, 0) is 6.42 Å². The molecule has 0 bridgehead atoms. The van der Waals surface area contributed by atoms with E-state index >= 15 is 0 Å². The molecule has 3 heteroatoms. The highest BCUT2D eigenvalue weighted by molar-refractivity contribution is 9.10. The summed E-state index contributed by atoms with van der Waals surface area (Å²) in [5.74, 6) is 0.696. The number of hydrogen-bond donors (Lipinski definition) is 1. The van der Waals surface area contributed by atoms with Crippen LogP contribution in [0.15, 0.2) is 22.7 Å². The standard InChI is InChI=1S/C17H25BrFN/c1-2-3-13-6-8-17(12-20,9-7-13)11-14-4-5-16(19)15(18)10-14/h4-5,10,13H,2-3,6-9,11-12,20H2,1H3. The Hall–Kier alpha value is -0.410. The lowest BCUT2D eigenvalue weighted by Gasteiger charge is -2.40. The molecule has 0 spiro atoms. The quantitative estimate of drug-likeness (QED) is 0.795. The molecular formula is C17H25BrFN. The maximum Gasteiger partial charge on any atom is 0.137 e. The summed E-state index contributed by atoms with van der Waals surface area (Å²) in [4.78, 5) is 0. The van der Waals surface area contributed by atoms with Crippen molar-refractivity contribution in [2.75, 3.05) is 6.54 Å². The fraction of sp³-hybridized carbons (Fsp3) is 0.647. The third-order valence-corrected chi connectivity index (χ3v) is 5.47. The van der Waals surface area contributed by atoms with E-state index in [1.807, 2.05) is 12.1 Å². The molecule has 1 aromatic carbocycles. The van der Waals surface area contributed by atoms with Crippen LogP contribution in [0.3, 0.4) is 0 Å². The van der Waals surface area contributed by atoms with Crippen molar-refractivity contribution in [3.8, 4) is 0 Å². The van der Waals surface area contributed by atoms with Gasteiger partial charge in [0.1, 0.15) is 5.82 Å². The van der Waals surface area contributed by atoms with Crippen LogP contribution in [-0.4, -0.2) is 6.54 Å². The number of benzene rings is 1. The van der Waals surface area contributed by atoms with E-state index in [9.17, 15) is 4.39 Å². The van der Waals surface area contributed by atoms with E-state index in [4.69, 9.17) is 5.73 Å². The summed E-state index contributed by atoms with van der Waals surface area (Å²) in [6.07, 6.45) is 8.63. The van der Waals surface area contributed by atoms with E-state index in [0.29, 0.717) is 4.47 Å². The van der Waals surface area contributed by atoms with Gasteiger partial charge in [-0.3, -0.25) is 0 Å². The van der Waals surface area contributed by atoms with Gasteiger partial charge in [-0.05, 0) is 83.6 Å². The first kappa shape index (κ1) is 16.0. The summed E-state index contributed by atoms with van der Waals surface area (Å²) in [6.45, 7) is 3.00. The van der Waals surface area contributed by atoms with Gasteiger partial charge in [-0.25, -0.2) is 4.39 Å². The smallest absolute Gasteiger partial charge is 0.137 e. The number of hydrogen-bond acceptors (Lipinski definition) is 1. The number of nitrogens with two attached hydrogens (primary N) is 1. The molecule has 0 amide bonds. The summed E-state index contributed by atoms with van der Waals surface area (Å²) >= 11 is 3.27. The van der Waals surface area contributed by atoms with Crippen LogP contribution in [0.1, 0.15) is 51.0 Å². The minimum Gasteiger partial charge on any atom is -0.330 e. The Morgan fingerprint density at radius 2 is 2.05 bits per heavy atom. The molecule has 0 aliphatic heterocycles. The fourth-order valence-electron chi connectivity index (χ4n) is 3.52. The zero-order valence-corrected chi connectivity index (χ0v) is 13.9. The van der Waals surface area contributed by atoms with Gasteiger partial charge in [0.2, 0.25) is 0 Å². The summed E-state index contributed by atoms with van der Waals surface area (Å²) in [5.41, 5.74) is 7.50. The second-order valence-electron chi connectivity index (χ2n) is 6.36. The monoisotopic (exact) mass is 341 g/mol. The molecule has 20 heavy (non-hydrogen) atoms. The van der Waals surface area contributed by atoms with Crippen molar-refractivity contribution in [1.82, 2.24) is 0 Å². The second-order valence-corrected chi connectivity index (χ2v) is 7.22. The highest BCUT2D eigenvalue weighted by Gasteiger charge is 2.34. The van der Waals surface area contributed by atoms with E-state index in [2.05, 4.69) is 22.9 Å². The molecule has 0 heterocycles. The third kappa shape index (κ3) is 3.82. The second kappa shape index (κ2) is 7.04. The average Bonchev–Trinajstić information content (AvgIpc) is 2.46. The SMILES string of the molecule is CCCC1CCC(CN)(Cc2ccc(F)c(Br)c2)CC1. The van der Waals surface area contributed by atoms with Crippen LogP contribution >= 0.6 is 15.9 Å². The molecule has 112 valence electrons. The number of rotatable bonds is 5. The Balaban J connectivity index is 2.03. The zero-order chi connectivity index (χ0) is 14.6. The molecule has 1 aromatic rings. The van der Waals surface area contributed by atoms with Crippen molar-refractivity contribution in [2.24, 2.45) is 17.1 Å². The molecule has 2 N–H and O–H groups in total. The van der Waals surface area contributed by atoms with Crippen molar-refractivity contribution in [3.63, 3.8) is 0 Å². The van der Waals surface area contributed by atoms with E-state index in [0.717, 1.165) is 18.9 Å². The van der Waals surface area contributed by atoms with Gasteiger partial charge in [-0.2, -0.15) is 0 Å². The molecule has 0 atom stereocenters. The Bertz CT molecular complexity index is 439. The van der Waals surface area contributed by atoms with Gasteiger partial charge in [-0.1, -0.05) is 25.8 Å². The van der Waals surface area contributed by atoms with E-state index < -0.39 is 0 Å². The first-order valence-electron chi connectivity index (χ1n) is 7.72. The van der Waals surface area contributed by atoms with Crippen LogP contribution in [0, 0.1) is 17.2 Å².